The van der Waals surface area contributed by atoms with Crippen LogP contribution in [0.5, 0.6) is 0 Å². The van der Waals surface area contributed by atoms with E-state index in [1.807, 2.05) is 49.4 Å². The maximum Gasteiger partial charge on any atom is 0.231 e. The number of benzene rings is 2. The molecule has 0 saturated heterocycles. The molecule has 0 fully saturated rings. The number of hydrogen-bond acceptors (Lipinski definition) is 2. The second-order valence-electron chi connectivity index (χ2n) is 5.41. The summed E-state index contributed by atoms with van der Waals surface area (Å²) in [6.07, 6.45) is 1.82. The third-order valence-electron chi connectivity index (χ3n) is 4.01. The standard InChI is InChI=1S/C18H20N2O.ClH/c1-2-16(13-6-4-3-5-7-13)18(21)20-15-8-9-17-14(12-15)10-11-19-17;/h3-9,12,16,19H,2,10-11H2,1H3,(H,20,21);1H. The van der Waals surface area contributed by atoms with Gasteiger partial charge in [-0.05, 0) is 42.2 Å². The summed E-state index contributed by atoms with van der Waals surface area (Å²) < 4.78 is 0. The van der Waals surface area contributed by atoms with Crippen molar-refractivity contribution in [2.24, 2.45) is 0 Å². The minimum atomic E-state index is -0.0995. The van der Waals surface area contributed by atoms with Crippen molar-refractivity contribution >= 4 is 29.7 Å². The Hall–Kier alpha value is -2.00. The van der Waals surface area contributed by atoms with Crippen LogP contribution < -0.4 is 10.6 Å². The summed E-state index contributed by atoms with van der Waals surface area (Å²) in [5, 5.41) is 6.38. The highest BCUT2D eigenvalue weighted by atomic mass is 35.5. The number of amides is 1. The first-order valence-electron chi connectivity index (χ1n) is 7.50. The van der Waals surface area contributed by atoms with Gasteiger partial charge in [-0.25, -0.2) is 0 Å². The molecule has 2 aromatic carbocycles. The lowest BCUT2D eigenvalue weighted by atomic mass is 9.95. The highest BCUT2D eigenvalue weighted by Crippen LogP contribution is 2.27. The maximum atomic E-state index is 12.5. The van der Waals surface area contributed by atoms with Crippen LogP contribution in [0.1, 0.15) is 30.4 Å². The molecule has 116 valence electrons. The van der Waals surface area contributed by atoms with Crippen molar-refractivity contribution in [3.63, 3.8) is 0 Å². The summed E-state index contributed by atoms with van der Waals surface area (Å²) in [5.74, 6) is -0.0350. The molecule has 3 rings (SSSR count). The Labute approximate surface area is 137 Å². The van der Waals surface area contributed by atoms with Gasteiger partial charge in [0, 0.05) is 17.9 Å². The van der Waals surface area contributed by atoms with E-state index in [-0.39, 0.29) is 24.2 Å². The molecule has 1 atom stereocenters. The number of carbonyl (C=O) groups excluding carboxylic acids is 1. The van der Waals surface area contributed by atoms with Gasteiger partial charge < -0.3 is 10.6 Å². The summed E-state index contributed by atoms with van der Waals surface area (Å²) in [7, 11) is 0. The van der Waals surface area contributed by atoms with Crippen molar-refractivity contribution in [1.82, 2.24) is 0 Å². The Morgan fingerprint density at radius 3 is 2.73 bits per heavy atom. The number of fused-ring (bicyclic) bond motifs is 1. The van der Waals surface area contributed by atoms with Gasteiger partial charge in [0.15, 0.2) is 0 Å². The Morgan fingerprint density at radius 1 is 1.23 bits per heavy atom. The molecule has 2 N–H and O–H groups in total. The molecule has 1 heterocycles. The largest absolute Gasteiger partial charge is 0.384 e. The summed E-state index contributed by atoms with van der Waals surface area (Å²) in [6, 6.07) is 16.0. The highest BCUT2D eigenvalue weighted by molar-refractivity contribution is 5.96. The Morgan fingerprint density at radius 2 is 2.00 bits per heavy atom. The zero-order valence-corrected chi connectivity index (χ0v) is 13.5. The fourth-order valence-corrected chi connectivity index (χ4v) is 2.87. The number of rotatable bonds is 4. The van der Waals surface area contributed by atoms with Gasteiger partial charge in [0.1, 0.15) is 0 Å². The molecule has 1 unspecified atom stereocenters. The van der Waals surface area contributed by atoms with Crippen molar-refractivity contribution in [1.29, 1.82) is 0 Å². The fourth-order valence-electron chi connectivity index (χ4n) is 2.87. The van der Waals surface area contributed by atoms with E-state index in [4.69, 9.17) is 0 Å². The highest BCUT2D eigenvalue weighted by Gasteiger charge is 2.19. The van der Waals surface area contributed by atoms with Gasteiger partial charge in [0.05, 0.1) is 5.92 Å². The topological polar surface area (TPSA) is 41.1 Å². The molecule has 3 nitrogen and oxygen atoms in total. The van der Waals surface area contributed by atoms with E-state index in [1.54, 1.807) is 0 Å². The van der Waals surface area contributed by atoms with Gasteiger partial charge in [-0.15, -0.1) is 12.4 Å². The molecule has 0 spiro atoms. The van der Waals surface area contributed by atoms with Crippen molar-refractivity contribution in [2.75, 3.05) is 17.2 Å². The monoisotopic (exact) mass is 316 g/mol. The third-order valence-corrected chi connectivity index (χ3v) is 4.01. The molecule has 0 aromatic heterocycles. The predicted molar refractivity (Wildman–Crippen MR) is 94.0 cm³/mol. The number of carbonyl (C=O) groups is 1. The summed E-state index contributed by atoms with van der Waals surface area (Å²) in [6.45, 7) is 3.03. The van der Waals surface area contributed by atoms with Crippen LogP contribution in [0.3, 0.4) is 0 Å². The lowest BCUT2D eigenvalue weighted by Crippen LogP contribution is -2.20. The van der Waals surface area contributed by atoms with Crippen molar-refractivity contribution in [2.45, 2.75) is 25.7 Å². The second-order valence-corrected chi connectivity index (χ2v) is 5.41. The molecule has 0 saturated carbocycles. The van der Waals surface area contributed by atoms with Crippen LogP contribution in [-0.2, 0) is 11.2 Å². The quantitative estimate of drug-likeness (QED) is 0.887. The minimum Gasteiger partial charge on any atom is -0.384 e. The molecular formula is C18H21ClN2O. The number of halogens is 1. The number of anilines is 2. The first-order chi connectivity index (χ1) is 10.3. The van der Waals surface area contributed by atoms with Crippen LogP contribution in [0.4, 0.5) is 11.4 Å². The van der Waals surface area contributed by atoms with Gasteiger partial charge in [-0.3, -0.25) is 4.79 Å². The maximum absolute atomic E-state index is 12.5. The van der Waals surface area contributed by atoms with E-state index in [0.29, 0.717) is 0 Å². The van der Waals surface area contributed by atoms with Gasteiger partial charge in [-0.1, -0.05) is 37.3 Å². The Kier molecular flexibility index (Phi) is 5.45. The Bertz CT molecular complexity index is 643. The lowest BCUT2D eigenvalue weighted by Gasteiger charge is -2.16. The van der Waals surface area contributed by atoms with Gasteiger partial charge >= 0.3 is 0 Å². The Balaban J connectivity index is 0.00000176. The molecule has 1 aliphatic rings. The van der Waals surface area contributed by atoms with E-state index in [1.165, 1.54) is 11.3 Å². The second kappa shape index (κ2) is 7.32. The van der Waals surface area contributed by atoms with Gasteiger partial charge in [0.2, 0.25) is 5.91 Å². The van der Waals surface area contributed by atoms with E-state index in [9.17, 15) is 4.79 Å². The molecule has 2 aromatic rings. The summed E-state index contributed by atoms with van der Waals surface area (Å²) in [5.41, 5.74) is 4.42. The summed E-state index contributed by atoms with van der Waals surface area (Å²) in [4.78, 5) is 12.5. The molecule has 4 heteroatoms. The average molecular weight is 317 g/mol. The first-order valence-corrected chi connectivity index (χ1v) is 7.50. The first kappa shape index (κ1) is 16.4. The van der Waals surface area contributed by atoms with E-state index >= 15 is 0 Å². The third kappa shape index (κ3) is 3.42. The van der Waals surface area contributed by atoms with E-state index in [2.05, 4.69) is 16.7 Å². The molecule has 22 heavy (non-hydrogen) atoms. The molecule has 0 bridgehead atoms. The van der Waals surface area contributed by atoms with Crippen LogP contribution in [-0.4, -0.2) is 12.5 Å². The molecule has 1 amide bonds. The van der Waals surface area contributed by atoms with Gasteiger partial charge in [0.25, 0.3) is 0 Å². The van der Waals surface area contributed by atoms with E-state index < -0.39 is 0 Å². The fraction of sp³-hybridized carbons (Fsp3) is 0.278. The summed E-state index contributed by atoms with van der Waals surface area (Å²) >= 11 is 0. The van der Waals surface area contributed by atoms with Crippen LogP contribution in [0.2, 0.25) is 0 Å². The number of hydrogen-bond donors (Lipinski definition) is 2. The zero-order chi connectivity index (χ0) is 14.7. The molecule has 0 aliphatic carbocycles. The normalized spacial score (nSPS) is 13.5. The smallest absolute Gasteiger partial charge is 0.231 e. The molecular weight excluding hydrogens is 296 g/mol. The van der Waals surface area contributed by atoms with Crippen LogP contribution in [0, 0.1) is 0 Å². The van der Waals surface area contributed by atoms with Crippen LogP contribution >= 0.6 is 12.4 Å². The van der Waals surface area contributed by atoms with Crippen LogP contribution in [0.25, 0.3) is 0 Å². The van der Waals surface area contributed by atoms with Crippen molar-refractivity contribution in [3.8, 4) is 0 Å². The predicted octanol–water partition coefficient (Wildman–Crippen LogP) is 4.21. The van der Waals surface area contributed by atoms with Crippen molar-refractivity contribution in [3.05, 3.63) is 59.7 Å². The number of nitrogens with one attached hydrogen (secondary N) is 2. The van der Waals surface area contributed by atoms with Gasteiger partial charge in [-0.2, -0.15) is 0 Å². The SMILES string of the molecule is CCC(C(=O)Nc1ccc2c(c1)CCN2)c1ccccc1.Cl. The van der Waals surface area contributed by atoms with Crippen molar-refractivity contribution < 1.29 is 4.79 Å². The average Bonchev–Trinajstić information content (AvgIpc) is 2.96. The molecule has 0 radical (unpaired) electrons. The van der Waals surface area contributed by atoms with E-state index in [0.717, 1.165) is 30.6 Å². The molecule has 1 aliphatic heterocycles. The minimum absolute atomic E-state index is 0. The zero-order valence-electron chi connectivity index (χ0n) is 12.6. The van der Waals surface area contributed by atoms with Crippen LogP contribution in [0.15, 0.2) is 48.5 Å². The lowest BCUT2D eigenvalue weighted by molar-refractivity contribution is -0.117.